The lowest BCUT2D eigenvalue weighted by molar-refractivity contribution is 0.251. The molecule has 0 aliphatic carbocycles. The number of nitrogens with one attached hydrogen (secondary N) is 2. The third-order valence-corrected chi connectivity index (χ3v) is 4.26. The van der Waals surface area contributed by atoms with E-state index in [0.717, 1.165) is 16.6 Å². The van der Waals surface area contributed by atoms with Crippen molar-refractivity contribution in [3.8, 4) is 0 Å². The molecule has 25 heavy (non-hydrogen) atoms. The van der Waals surface area contributed by atoms with Crippen molar-refractivity contribution >= 4 is 28.3 Å². The van der Waals surface area contributed by atoms with Gasteiger partial charge in [0.15, 0.2) is 0 Å². The Kier molecular flexibility index (Phi) is 5.14. The molecule has 0 spiro atoms. The van der Waals surface area contributed by atoms with Gasteiger partial charge in [0.25, 0.3) is 0 Å². The van der Waals surface area contributed by atoms with Crippen LogP contribution in [0.25, 0.3) is 10.9 Å². The van der Waals surface area contributed by atoms with Crippen LogP contribution in [0.4, 0.5) is 16.2 Å². The maximum atomic E-state index is 12.3. The minimum absolute atomic E-state index is 0.166. The summed E-state index contributed by atoms with van der Waals surface area (Å²) in [6.07, 6.45) is 1.72. The summed E-state index contributed by atoms with van der Waals surface area (Å²) in [4.78, 5) is 18.7. The number of benzene rings is 2. The molecule has 1 heterocycles. The predicted molar refractivity (Wildman–Crippen MR) is 103 cm³/mol. The van der Waals surface area contributed by atoms with E-state index in [1.54, 1.807) is 6.20 Å². The van der Waals surface area contributed by atoms with Gasteiger partial charge in [0.2, 0.25) is 0 Å². The SMILES string of the molecule is CC(CNC(=O)Nc1cccc2cccnc12)N(C)c1ccccc1. The molecule has 2 amide bonds. The number of carbonyl (C=O) groups excluding carboxylic acids is 1. The molecule has 0 fully saturated rings. The van der Waals surface area contributed by atoms with Crippen LogP contribution in [-0.4, -0.2) is 30.6 Å². The van der Waals surface area contributed by atoms with Gasteiger partial charge in [0.05, 0.1) is 11.2 Å². The number of para-hydroxylation sites is 2. The highest BCUT2D eigenvalue weighted by atomic mass is 16.2. The number of nitrogens with zero attached hydrogens (tertiary/aromatic N) is 2. The molecule has 5 nitrogen and oxygen atoms in total. The van der Waals surface area contributed by atoms with E-state index in [2.05, 4.69) is 39.6 Å². The van der Waals surface area contributed by atoms with E-state index in [4.69, 9.17) is 0 Å². The minimum atomic E-state index is -0.230. The fourth-order valence-electron chi connectivity index (χ4n) is 2.67. The first-order valence-electron chi connectivity index (χ1n) is 8.31. The number of hydrogen-bond donors (Lipinski definition) is 2. The standard InChI is InChI=1S/C20H22N4O/c1-15(24(2)17-10-4-3-5-11-17)14-22-20(25)23-18-12-6-8-16-9-7-13-21-19(16)18/h3-13,15H,14H2,1-2H3,(H2,22,23,25). The van der Waals surface area contributed by atoms with Crippen LogP contribution in [0, 0.1) is 0 Å². The van der Waals surface area contributed by atoms with E-state index in [0.29, 0.717) is 12.2 Å². The van der Waals surface area contributed by atoms with Gasteiger partial charge in [0, 0.05) is 36.9 Å². The van der Waals surface area contributed by atoms with E-state index >= 15 is 0 Å². The van der Waals surface area contributed by atoms with Crippen LogP contribution >= 0.6 is 0 Å². The number of hydrogen-bond acceptors (Lipinski definition) is 3. The van der Waals surface area contributed by atoms with Crippen molar-refractivity contribution in [3.05, 3.63) is 66.9 Å². The molecule has 1 atom stereocenters. The maximum Gasteiger partial charge on any atom is 0.319 e. The molecule has 1 aromatic heterocycles. The van der Waals surface area contributed by atoms with E-state index < -0.39 is 0 Å². The van der Waals surface area contributed by atoms with Crippen molar-refractivity contribution in [1.82, 2.24) is 10.3 Å². The average Bonchev–Trinajstić information content (AvgIpc) is 2.66. The zero-order valence-corrected chi connectivity index (χ0v) is 14.4. The van der Waals surface area contributed by atoms with Crippen LogP contribution in [-0.2, 0) is 0 Å². The van der Waals surface area contributed by atoms with Crippen molar-refractivity contribution in [3.63, 3.8) is 0 Å². The second-order valence-corrected chi connectivity index (χ2v) is 6.01. The summed E-state index contributed by atoms with van der Waals surface area (Å²) < 4.78 is 0. The van der Waals surface area contributed by atoms with Crippen molar-refractivity contribution in [2.24, 2.45) is 0 Å². The van der Waals surface area contributed by atoms with Gasteiger partial charge in [-0.05, 0) is 31.2 Å². The normalized spacial score (nSPS) is 11.8. The third kappa shape index (κ3) is 4.07. The van der Waals surface area contributed by atoms with Crippen LogP contribution in [0.3, 0.4) is 0 Å². The van der Waals surface area contributed by atoms with Crippen molar-refractivity contribution in [2.75, 3.05) is 23.8 Å². The smallest absolute Gasteiger partial charge is 0.319 e. The summed E-state index contributed by atoms with van der Waals surface area (Å²) in [5.74, 6) is 0. The molecule has 2 aromatic carbocycles. The number of likely N-dealkylation sites (N-methyl/N-ethyl adjacent to an activating group) is 1. The van der Waals surface area contributed by atoms with Crippen molar-refractivity contribution in [2.45, 2.75) is 13.0 Å². The monoisotopic (exact) mass is 334 g/mol. The molecule has 5 heteroatoms. The highest BCUT2D eigenvalue weighted by molar-refractivity contribution is 5.99. The number of carbonyl (C=O) groups is 1. The first-order valence-corrected chi connectivity index (χ1v) is 8.31. The largest absolute Gasteiger partial charge is 0.370 e. The summed E-state index contributed by atoms with van der Waals surface area (Å²) in [6, 6.07) is 19.6. The van der Waals surface area contributed by atoms with Crippen LogP contribution in [0.15, 0.2) is 66.9 Å². The van der Waals surface area contributed by atoms with Gasteiger partial charge in [-0.3, -0.25) is 4.98 Å². The van der Waals surface area contributed by atoms with E-state index in [1.165, 1.54) is 0 Å². The molecule has 0 aliphatic heterocycles. The van der Waals surface area contributed by atoms with Gasteiger partial charge >= 0.3 is 6.03 Å². The van der Waals surface area contributed by atoms with Crippen LogP contribution in [0.5, 0.6) is 0 Å². The summed E-state index contributed by atoms with van der Waals surface area (Å²) in [7, 11) is 2.02. The molecule has 3 aromatic rings. The fraction of sp³-hybridized carbons (Fsp3) is 0.200. The van der Waals surface area contributed by atoms with Gasteiger partial charge in [-0.1, -0.05) is 36.4 Å². The second-order valence-electron chi connectivity index (χ2n) is 6.01. The topological polar surface area (TPSA) is 57.3 Å². The zero-order valence-electron chi connectivity index (χ0n) is 14.4. The van der Waals surface area contributed by atoms with Gasteiger partial charge in [0.1, 0.15) is 0 Å². The molecule has 0 radical (unpaired) electrons. The Morgan fingerprint density at radius 2 is 1.84 bits per heavy atom. The van der Waals surface area contributed by atoms with Gasteiger partial charge in [-0.25, -0.2) is 4.79 Å². The number of pyridine rings is 1. The Morgan fingerprint density at radius 1 is 1.08 bits per heavy atom. The lowest BCUT2D eigenvalue weighted by atomic mass is 10.2. The number of aromatic nitrogens is 1. The summed E-state index contributed by atoms with van der Waals surface area (Å²) in [5, 5.41) is 6.81. The number of urea groups is 1. The molecule has 128 valence electrons. The van der Waals surface area contributed by atoms with Crippen molar-refractivity contribution < 1.29 is 4.79 Å². The Hall–Kier alpha value is -3.08. The van der Waals surface area contributed by atoms with E-state index in [1.807, 2.05) is 55.6 Å². The molecule has 0 saturated heterocycles. The fourth-order valence-corrected chi connectivity index (χ4v) is 2.67. The molecular weight excluding hydrogens is 312 g/mol. The number of anilines is 2. The van der Waals surface area contributed by atoms with Gasteiger partial charge < -0.3 is 15.5 Å². The number of fused-ring (bicyclic) bond motifs is 1. The van der Waals surface area contributed by atoms with Crippen LogP contribution < -0.4 is 15.5 Å². The second kappa shape index (κ2) is 7.66. The first-order chi connectivity index (χ1) is 12.1. The lowest BCUT2D eigenvalue weighted by Crippen LogP contribution is -2.41. The highest BCUT2D eigenvalue weighted by Crippen LogP contribution is 2.20. The molecule has 0 aliphatic rings. The van der Waals surface area contributed by atoms with Crippen LogP contribution in [0.2, 0.25) is 0 Å². The minimum Gasteiger partial charge on any atom is -0.370 e. The zero-order chi connectivity index (χ0) is 17.6. The average molecular weight is 334 g/mol. The number of rotatable bonds is 5. The van der Waals surface area contributed by atoms with E-state index in [-0.39, 0.29) is 12.1 Å². The van der Waals surface area contributed by atoms with Gasteiger partial charge in [-0.2, -0.15) is 0 Å². The molecule has 1 unspecified atom stereocenters. The lowest BCUT2D eigenvalue weighted by Gasteiger charge is -2.27. The summed E-state index contributed by atoms with van der Waals surface area (Å²) >= 11 is 0. The summed E-state index contributed by atoms with van der Waals surface area (Å²) in [5.41, 5.74) is 2.62. The Morgan fingerprint density at radius 3 is 2.64 bits per heavy atom. The number of amides is 2. The Bertz CT molecular complexity index is 845. The first kappa shape index (κ1) is 16.8. The van der Waals surface area contributed by atoms with E-state index in [9.17, 15) is 4.79 Å². The predicted octanol–water partition coefficient (Wildman–Crippen LogP) is 3.88. The molecule has 0 saturated carbocycles. The van der Waals surface area contributed by atoms with Gasteiger partial charge in [-0.15, -0.1) is 0 Å². The summed E-state index contributed by atoms with van der Waals surface area (Å²) in [6.45, 7) is 2.61. The van der Waals surface area contributed by atoms with Crippen LogP contribution in [0.1, 0.15) is 6.92 Å². The quantitative estimate of drug-likeness (QED) is 0.744. The molecule has 0 bridgehead atoms. The Labute approximate surface area is 147 Å². The third-order valence-electron chi connectivity index (χ3n) is 4.26. The van der Waals surface area contributed by atoms with Crippen molar-refractivity contribution in [1.29, 1.82) is 0 Å². The maximum absolute atomic E-state index is 12.3. The molecule has 3 rings (SSSR count). The Balaban J connectivity index is 1.59. The molecular formula is C20H22N4O. The highest BCUT2D eigenvalue weighted by Gasteiger charge is 2.12. The molecule has 2 N–H and O–H groups in total.